The topological polar surface area (TPSA) is 43.1 Å². The quantitative estimate of drug-likeness (QED) is 0.793. The van der Waals surface area contributed by atoms with Gasteiger partial charge in [-0.2, -0.15) is 0 Å². The fraction of sp³-hybridized carbons (Fsp3) is 0.833. The van der Waals surface area contributed by atoms with Gasteiger partial charge in [0.15, 0.2) is 0 Å². The highest BCUT2D eigenvalue weighted by Gasteiger charge is 2.09. The van der Waals surface area contributed by atoms with Crippen LogP contribution in [0, 0.1) is 0 Å². The summed E-state index contributed by atoms with van der Waals surface area (Å²) >= 11 is 3.24. The van der Waals surface area contributed by atoms with Crippen LogP contribution < -0.4 is 5.73 Å². The second-order valence-electron chi connectivity index (χ2n) is 1.88. The van der Waals surface area contributed by atoms with E-state index in [2.05, 4.69) is 15.9 Å². The molecule has 4 heteroatoms. The van der Waals surface area contributed by atoms with Crippen LogP contribution in [-0.4, -0.2) is 17.2 Å². The van der Waals surface area contributed by atoms with Crippen LogP contribution in [0.1, 0.15) is 19.8 Å². The van der Waals surface area contributed by atoms with Crippen LogP contribution in [0.4, 0.5) is 0 Å². The molecule has 0 fully saturated rings. The molecule has 0 aliphatic rings. The first-order valence-corrected chi connectivity index (χ1v) is 4.00. The Bertz CT molecular complexity index is 97.7. The van der Waals surface area contributed by atoms with Gasteiger partial charge < -0.3 is 5.73 Å². The monoisotopic (exact) mass is 273 g/mol. The van der Waals surface area contributed by atoms with Gasteiger partial charge in [-0.25, -0.2) is 0 Å². The van der Waals surface area contributed by atoms with E-state index in [1.165, 1.54) is 0 Å². The molecule has 2 nitrogen and oxygen atoms in total. The molecular weight excluding hydrogens is 262 g/mol. The fourth-order valence-electron chi connectivity index (χ4n) is 0.527. The van der Waals surface area contributed by atoms with Gasteiger partial charge in [-0.1, -0.05) is 22.9 Å². The van der Waals surface area contributed by atoms with E-state index in [9.17, 15) is 4.79 Å². The van der Waals surface area contributed by atoms with Gasteiger partial charge in [0.2, 0.25) is 0 Å². The lowest BCUT2D eigenvalue weighted by atomic mass is 10.2. The zero-order valence-electron chi connectivity index (χ0n) is 5.97. The molecule has 2 N–H and O–H groups in total. The summed E-state index contributed by atoms with van der Waals surface area (Å²) in [4.78, 5) is 10.9. The van der Waals surface area contributed by atoms with Crippen molar-refractivity contribution in [1.82, 2.24) is 0 Å². The number of hydrogen-bond acceptors (Lipinski definition) is 2. The van der Waals surface area contributed by atoms with Crippen molar-refractivity contribution in [2.75, 3.05) is 6.54 Å². The van der Waals surface area contributed by atoms with Crippen LogP contribution in [0.2, 0.25) is 0 Å². The number of halogens is 2. The molecule has 0 saturated carbocycles. The van der Waals surface area contributed by atoms with Crippen LogP contribution in [0.5, 0.6) is 0 Å². The Balaban J connectivity index is 0. The fourth-order valence-corrected chi connectivity index (χ4v) is 0.755. The molecule has 0 radical (unpaired) electrons. The summed E-state index contributed by atoms with van der Waals surface area (Å²) in [5.74, 6) is 0.208. The number of carbonyl (C=O) groups is 1. The maximum absolute atomic E-state index is 10.8. The molecule has 0 aromatic carbocycles. The van der Waals surface area contributed by atoms with Crippen LogP contribution in [0.15, 0.2) is 0 Å². The van der Waals surface area contributed by atoms with Crippen molar-refractivity contribution in [2.45, 2.75) is 24.6 Å². The number of alkyl halides is 1. The number of ketones is 1. The zero-order valence-corrected chi connectivity index (χ0v) is 9.27. The molecule has 10 heavy (non-hydrogen) atoms. The van der Waals surface area contributed by atoms with Crippen LogP contribution in [-0.2, 0) is 4.79 Å². The van der Waals surface area contributed by atoms with Gasteiger partial charge in [0, 0.05) is 6.42 Å². The summed E-state index contributed by atoms with van der Waals surface area (Å²) in [6.07, 6.45) is 1.34. The summed E-state index contributed by atoms with van der Waals surface area (Å²) in [5.41, 5.74) is 5.18. The minimum absolute atomic E-state index is 0. The van der Waals surface area contributed by atoms with Gasteiger partial charge in [0.25, 0.3) is 0 Å². The lowest BCUT2D eigenvalue weighted by Gasteiger charge is -2.02. The Kier molecular flexibility index (Phi) is 10.2. The van der Waals surface area contributed by atoms with Gasteiger partial charge in [0.05, 0.1) is 4.83 Å². The molecule has 1 unspecified atom stereocenters. The van der Waals surface area contributed by atoms with E-state index in [1.54, 1.807) is 0 Å². The first kappa shape index (κ1) is 13.2. The lowest BCUT2D eigenvalue weighted by molar-refractivity contribution is -0.118. The molecule has 0 aromatic heterocycles. The lowest BCUT2D eigenvalue weighted by Crippen LogP contribution is -2.16. The highest BCUT2D eigenvalue weighted by Crippen LogP contribution is 2.06. The van der Waals surface area contributed by atoms with Crippen LogP contribution in [0.3, 0.4) is 0 Å². The molecule has 0 spiro atoms. The minimum Gasteiger partial charge on any atom is -0.330 e. The SMILES string of the molecule is Br.CCC(Br)C(=O)CCN. The number of nitrogens with two attached hydrogens (primary N) is 1. The maximum atomic E-state index is 10.8. The van der Waals surface area contributed by atoms with E-state index in [-0.39, 0.29) is 27.6 Å². The highest BCUT2D eigenvalue weighted by molar-refractivity contribution is 9.10. The van der Waals surface area contributed by atoms with E-state index in [0.717, 1.165) is 6.42 Å². The Hall–Kier alpha value is 0.590. The summed E-state index contributed by atoms with van der Waals surface area (Å²) in [6.45, 7) is 2.43. The number of carbonyl (C=O) groups excluding carboxylic acids is 1. The average molecular weight is 275 g/mol. The second kappa shape index (κ2) is 7.69. The molecule has 0 rings (SSSR count). The van der Waals surface area contributed by atoms with Crippen molar-refractivity contribution in [2.24, 2.45) is 5.73 Å². The van der Waals surface area contributed by atoms with Crippen molar-refractivity contribution in [3.8, 4) is 0 Å². The van der Waals surface area contributed by atoms with E-state index < -0.39 is 0 Å². The molecule has 1 atom stereocenters. The summed E-state index contributed by atoms with van der Waals surface area (Å²) < 4.78 is 0. The number of rotatable bonds is 4. The van der Waals surface area contributed by atoms with E-state index >= 15 is 0 Å². The van der Waals surface area contributed by atoms with Gasteiger partial charge in [0.1, 0.15) is 5.78 Å². The predicted octanol–water partition coefficient (Wildman–Crippen LogP) is 1.66. The molecule has 0 saturated heterocycles. The Morgan fingerprint density at radius 3 is 2.50 bits per heavy atom. The summed E-state index contributed by atoms with van der Waals surface area (Å²) in [7, 11) is 0. The molecule has 0 amide bonds. The summed E-state index contributed by atoms with van der Waals surface area (Å²) in [5, 5.41) is 0. The van der Waals surface area contributed by atoms with Gasteiger partial charge in [-0.3, -0.25) is 4.79 Å². The van der Waals surface area contributed by atoms with E-state index in [0.29, 0.717) is 13.0 Å². The minimum atomic E-state index is 0. The molecule has 0 heterocycles. The van der Waals surface area contributed by atoms with Crippen molar-refractivity contribution < 1.29 is 4.79 Å². The molecule has 0 aliphatic heterocycles. The molecule has 0 aliphatic carbocycles. The normalized spacial score (nSPS) is 11.9. The maximum Gasteiger partial charge on any atom is 0.147 e. The third-order valence-electron chi connectivity index (χ3n) is 1.10. The summed E-state index contributed by atoms with van der Waals surface area (Å²) in [6, 6.07) is 0. The third-order valence-corrected chi connectivity index (χ3v) is 2.26. The molecule has 0 aromatic rings. The van der Waals surface area contributed by atoms with Crippen molar-refractivity contribution in [1.29, 1.82) is 0 Å². The number of Topliss-reactive ketones (excluding diaryl/α,β-unsaturated/α-hetero) is 1. The predicted molar refractivity (Wildman–Crippen MR) is 52.0 cm³/mol. The Labute approximate surface area is 80.4 Å². The molecule has 0 bridgehead atoms. The van der Waals surface area contributed by atoms with Gasteiger partial charge in [-0.15, -0.1) is 17.0 Å². The van der Waals surface area contributed by atoms with Crippen LogP contribution >= 0.6 is 32.9 Å². The van der Waals surface area contributed by atoms with Gasteiger partial charge in [-0.05, 0) is 13.0 Å². The smallest absolute Gasteiger partial charge is 0.147 e. The first-order chi connectivity index (χ1) is 4.22. The zero-order chi connectivity index (χ0) is 7.28. The Morgan fingerprint density at radius 2 is 2.20 bits per heavy atom. The van der Waals surface area contributed by atoms with E-state index in [4.69, 9.17) is 5.73 Å². The first-order valence-electron chi connectivity index (χ1n) is 3.09. The standard InChI is InChI=1S/C6H12BrNO.BrH/c1-2-5(7)6(9)3-4-8;/h5H,2-4,8H2,1H3;1H. The highest BCUT2D eigenvalue weighted by atomic mass is 79.9. The van der Waals surface area contributed by atoms with Crippen LogP contribution in [0.25, 0.3) is 0 Å². The molecule has 62 valence electrons. The largest absolute Gasteiger partial charge is 0.330 e. The van der Waals surface area contributed by atoms with Crippen molar-refractivity contribution >= 4 is 38.7 Å². The third kappa shape index (κ3) is 5.38. The van der Waals surface area contributed by atoms with Gasteiger partial charge >= 0.3 is 0 Å². The number of hydrogen-bond donors (Lipinski definition) is 1. The Morgan fingerprint density at radius 1 is 1.70 bits per heavy atom. The second-order valence-corrected chi connectivity index (χ2v) is 2.99. The molecular formula is C6H13Br2NO. The van der Waals surface area contributed by atoms with Crippen molar-refractivity contribution in [3.63, 3.8) is 0 Å². The van der Waals surface area contributed by atoms with Crippen molar-refractivity contribution in [3.05, 3.63) is 0 Å². The average Bonchev–Trinajstić information content (AvgIpc) is 1.87. The van der Waals surface area contributed by atoms with E-state index in [1.807, 2.05) is 6.92 Å².